The molecule has 1 heterocycles. The normalized spacial score (nSPS) is 9.65. The van der Waals surface area contributed by atoms with Gasteiger partial charge in [0.25, 0.3) is 17.2 Å². The zero-order valence-corrected chi connectivity index (χ0v) is 8.93. The molecule has 0 aliphatic rings. The van der Waals surface area contributed by atoms with Gasteiger partial charge >= 0.3 is 0 Å². The monoisotopic (exact) mass is 237 g/mol. The highest BCUT2D eigenvalue weighted by Crippen LogP contribution is 2.07. The number of aromatic nitrogens is 1. The molecule has 0 aliphatic heterocycles. The molecule has 0 fully saturated rings. The molecule has 0 atom stereocenters. The lowest BCUT2D eigenvalue weighted by molar-refractivity contribution is -0.385. The van der Waals surface area contributed by atoms with Gasteiger partial charge in [-0.3, -0.25) is 19.7 Å². The molecule has 17 heavy (non-hydrogen) atoms. The number of carbonyl (C=O) groups excluding carboxylic acids is 1. The van der Waals surface area contributed by atoms with Gasteiger partial charge in [-0.05, 0) is 6.42 Å². The van der Waals surface area contributed by atoms with Crippen LogP contribution in [0.25, 0.3) is 0 Å². The Kier molecular flexibility index (Phi) is 4.15. The highest BCUT2D eigenvalue weighted by molar-refractivity contribution is 5.94. The van der Waals surface area contributed by atoms with Gasteiger partial charge in [-0.25, -0.2) is 0 Å². The predicted molar refractivity (Wildman–Crippen MR) is 60.9 cm³/mol. The minimum Gasteiger partial charge on any atom is -0.352 e. The molecule has 2 N–H and O–H groups in total. The Bertz CT molecular complexity index is 507. The molecule has 1 aromatic heterocycles. The summed E-state index contributed by atoms with van der Waals surface area (Å²) in [7, 11) is 0. The first-order valence-electron chi connectivity index (χ1n) is 4.82. The van der Waals surface area contributed by atoms with E-state index in [4.69, 9.17) is 0 Å². The summed E-state index contributed by atoms with van der Waals surface area (Å²) in [5.74, 6) is -0.642. The summed E-state index contributed by atoms with van der Waals surface area (Å²) >= 11 is 0. The van der Waals surface area contributed by atoms with Gasteiger partial charge in [0.15, 0.2) is 0 Å². The van der Waals surface area contributed by atoms with Gasteiger partial charge in [0.1, 0.15) is 5.56 Å². The number of H-pyrrole nitrogens is 1. The SMILES string of the molecule is C=CCCNC(=O)c1cc([N+](=O)[O-])c[nH]c1=O. The third kappa shape index (κ3) is 3.26. The van der Waals surface area contributed by atoms with Crippen LogP contribution in [0, 0.1) is 10.1 Å². The third-order valence-electron chi connectivity index (χ3n) is 1.98. The number of nitro groups is 1. The summed E-state index contributed by atoms with van der Waals surface area (Å²) in [4.78, 5) is 34.8. The lowest BCUT2D eigenvalue weighted by Crippen LogP contribution is -2.30. The minimum absolute atomic E-state index is 0.275. The maximum atomic E-state index is 11.5. The molecule has 7 heteroatoms. The fourth-order valence-corrected chi connectivity index (χ4v) is 1.13. The second kappa shape index (κ2) is 5.59. The average molecular weight is 237 g/mol. The molecule has 1 aromatic rings. The van der Waals surface area contributed by atoms with Gasteiger partial charge in [0.05, 0.1) is 11.1 Å². The summed E-state index contributed by atoms with van der Waals surface area (Å²) in [5.41, 5.74) is -1.27. The van der Waals surface area contributed by atoms with Gasteiger partial charge in [0, 0.05) is 12.6 Å². The number of carbonyl (C=O) groups is 1. The predicted octanol–water partition coefficient (Wildman–Crippen LogP) is 0.589. The van der Waals surface area contributed by atoms with Crippen LogP contribution in [0.15, 0.2) is 29.7 Å². The van der Waals surface area contributed by atoms with Crippen LogP contribution in [0.4, 0.5) is 5.69 Å². The zero-order valence-electron chi connectivity index (χ0n) is 8.93. The number of pyridine rings is 1. The maximum Gasteiger partial charge on any atom is 0.286 e. The van der Waals surface area contributed by atoms with E-state index >= 15 is 0 Å². The molecule has 0 spiro atoms. The van der Waals surface area contributed by atoms with Gasteiger partial charge in [0.2, 0.25) is 0 Å². The van der Waals surface area contributed by atoms with Crippen molar-refractivity contribution < 1.29 is 9.72 Å². The molecule has 0 radical (unpaired) electrons. The van der Waals surface area contributed by atoms with Gasteiger partial charge in [-0.1, -0.05) is 6.08 Å². The fourth-order valence-electron chi connectivity index (χ4n) is 1.13. The summed E-state index contributed by atoms with van der Waals surface area (Å²) in [6, 6.07) is 0.947. The summed E-state index contributed by atoms with van der Waals surface area (Å²) in [5, 5.41) is 12.9. The molecule has 0 aromatic carbocycles. The first kappa shape index (κ1) is 12.6. The first-order chi connectivity index (χ1) is 8.06. The summed E-state index contributed by atoms with van der Waals surface area (Å²) in [6.07, 6.45) is 3.11. The average Bonchev–Trinajstić information content (AvgIpc) is 2.29. The Balaban J connectivity index is 2.92. The maximum absolute atomic E-state index is 11.5. The molecule has 0 saturated heterocycles. The number of hydrogen-bond acceptors (Lipinski definition) is 4. The van der Waals surface area contributed by atoms with E-state index < -0.39 is 16.4 Å². The number of amides is 1. The third-order valence-corrected chi connectivity index (χ3v) is 1.98. The van der Waals surface area contributed by atoms with Crippen molar-refractivity contribution in [2.45, 2.75) is 6.42 Å². The molecule has 1 rings (SSSR count). The van der Waals surface area contributed by atoms with Crippen molar-refractivity contribution in [2.75, 3.05) is 6.54 Å². The van der Waals surface area contributed by atoms with Crippen molar-refractivity contribution in [3.63, 3.8) is 0 Å². The van der Waals surface area contributed by atoms with E-state index in [0.29, 0.717) is 13.0 Å². The molecule has 7 nitrogen and oxygen atoms in total. The number of aromatic amines is 1. The van der Waals surface area contributed by atoms with E-state index in [1.165, 1.54) is 0 Å². The van der Waals surface area contributed by atoms with Crippen LogP contribution in [0.1, 0.15) is 16.8 Å². The van der Waals surface area contributed by atoms with Crippen LogP contribution in [0.2, 0.25) is 0 Å². The van der Waals surface area contributed by atoms with E-state index in [0.717, 1.165) is 12.3 Å². The van der Waals surface area contributed by atoms with Crippen molar-refractivity contribution in [3.8, 4) is 0 Å². The van der Waals surface area contributed by atoms with Crippen LogP contribution >= 0.6 is 0 Å². The van der Waals surface area contributed by atoms with Gasteiger partial charge < -0.3 is 10.3 Å². The fraction of sp³-hybridized carbons (Fsp3) is 0.200. The lowest BCUT2D eigenvalue weighted by Gasteiger charge is -2.02. The Morgan fingerprint density at radius 2 is 2.35 bits per heavy atom. The second-order valence-corrected chi connectivity index (χ2v) is 3.19. The summed E-state index contributed by atoms with van der Waals surface area (Å²) in [6.45, 7) is 3.80. The largest absolute Gasteiger partial charge is 0.352 e. The van der Waals surface area contributed by atoms with E-state index in [2.05, 4.69) is 16.9 Å². The minimum atomic E-state index is -0.684. The first-order valence-corrected chi connectivity index (χ1v) is 4.82. The standard InChI is InChI=1S/C10H11N3O4/c1-2-3-4-11-9(14)8-5-7(13(16)17)6-12-10(8)15/h2,5-6H,1,3-4H2,(H,11,14)(H,12,15). The van der Waals surface area contributed by atoms with Crippen molar-refractivity contribution in [3.05, 3.63) is 50.9 Å². The van der Waals surface area contributed by atoms with E-state index in [9.17, 15) is 19.7 Å². The van der Waals surface area contributed by atoms with Gasteiger partial charge in [-0.2, -0.15) is 0 Å². The van der Waals surface area contributed by atoms with Crippen LogP contribution in [-0.2, 0) is 0 Å². The molecule has 90 valence electrons. The highest BCUT2D eigenvalue weighted by atomic mass is 16.6. The second-order valence-electron chi connectivity index (χ2n) is 3.19. The van der Waals surface area contributed by atoms with Crippen LogP contribution in [0.3, 0.4) is 0 Å². The number of nitrogens with one attached hydrogen (secondary N) is 2. The van der Waals surface area contributed by atoms with Crippen molar-refractivity contribution in [1.82, 2.24) is 10.3 Å². The Morgan fingerprint density at radius 1 is 1.65 bits per heavy atom. The Labute approximate surface area is 96.3 Å². The van der Waals surface area contributed by atoms with Crippen LogP contribution in [-0.4, -0.2) is 22.4 Å². The number of rotatable bonds is 5. The topological polar surface area (TPSA) is 105 Å². The van der Waals surface area contributed by atoms with Gasteiger partial charge in [-0.15, -0.1) is 6.58 Å². The Morgan fingerprint density at radius 3 is 2.94 bits per heavy atom. The number of hydrogen-bond donors (Lipinski definition) is 2. The quantitative estimate of drug-likeness (QED) is 0.338. The number of nitrogens with zero attached hydrogens (tertiary/aromatic N) is 1. The van der Waals surface area contributed by atoms with E-state index in [1.807, 2.05) is 0 Å². The lowest BCUT2D eigenvalue weighted by atomic mass is 10.2. The van der Waals surface area contributed by atoms with Crippen molar-refractivity contribution in [1.29, 1.82) is 0 Å². The Hall–Kier alpha value is -2.44. The molecule has 0 unspecified atom stereocenters. The van der Waals surface area contributed by atoms with Crippen LogP contribution < -0.4 is 10.9 Å². The zero-order chi connectivity index (χ0) is 12.8. The summed E-state index contributed by atoms with van der Waals surface area (Å²) < 4.78 is 0. The molecular weight excluding hydrogens is 226 g/mol. The van der Waals surface area contributed by atoms with Crippen LogP contribution in [0.5, 0.6) is 0 Å². The smallest absolute Gasteiger partial charge is 0.286 e. The van der Waals surface area contributed by atoms with Crippen molar-refractivity contribution in [2.24, 2.45) is 0 Å². The van der Waals surface area contributed by atoms with E-state index in [-0.39, 0.29) is 11.3 Å². The molecule has 0 saturated carbocycles. The van der Waals surface area contributed by atoms with E-state index in [1.54, 1.807) is 6.08 Å². The molecule has 0 aliphatic carbocycles. The highest BCUT2D eigenvalue weighted by Gasteiger charge is 2.15. The molecular formula is C10H11N3O4. The molecule has 1 amide bonds. The molecule has 0 bridgehead atoms. The van der Waals surface area contributed by atoms with Crippen molar-refractivity contribution >= 4 is 11.6 Å².